The molecular formula is C30H26N2O2+2. The van der Waals surface area contributed by atoms with Gasteiger partial charge < -0.3 is 9.47 Å². The van der Waals surface area contributed by atoms with Crippen molar-refractivity contribution in [1.29, 1.82) is 0 Å². The van der Waals surface area contributed by atoms with Crippen LogP contribution in [-0.4, -0.2) is 27.6 Å². The van der Waals surface area contributed by atoms with Crippen molar-refractivity contribution in [2.75, 3.05) is 0 Å². The van der Waals surface area contributed by atoms with Crippen LogP contribution in [-0.2, 0) is 0 Å². The second-order valence-corrected chi connectivity index (χ2v) is 8.86. The van der Waals surface area contributed by atoms with Gasteiger partial charge in [-0.2, -0.15) is 0 Å². The van der Waals surface area contributed by atoms with Crippen molar-refractivity contribution < 1.29 is 18.6 Å². The molecule has 1 atom stereocenters. The van der Waals surface area contributed by atoms with E-state index in [1.807, 2.05) is 24.3 Å². The topological polar surface area (TPSA) is 24.5 Å². The van der Waals surface area contributed by atoms with Crippen molar-refractivity contribution in [3.05, 3.63) is 119 Å². The van der Waals surface area contributed by atoms with E-state index in [1.165, 1.54) is 0 Å². The lowest BCUT2D eigenvalue weighted by atomic mass is 10.1. The molecule has 4 aromatic carbocycles. The van der Waals surface area contributed by atoms with Crippen LogP contribution < -0.4 is 9.47 Å². The zero-order chi connectivity index (χ0) is 23.3. The van der Waals surface area contributed by atoms with Gasteiger partial charge in [-0.1, -0.05) is 69.8 Å². The lowest BCUT2D eigenvalue weighted by molar-refractivity contribution is -0.855. The molecule has 0 amide bonds. The maximum absolute atomic E-state index is 6.96. The molecule has 2 aliphatic rings. The number of nitrogens with zero attached hydrogens (tertiary/aromatic N) is 2. The third kappa shape index (κ3) is 3.06. The normalized spacial score (nSPS) is 18.2. The summed E-state index contributed by atoms with van der Waals surface area (Å²) in [5.41, 5.74) is 7.26. The van der Waals surface area contributed by atoms with Gasteiger partial charge in [0, 0.05) is 23.8 Å². The first-order chi connectivity index (χ1) is 16.6. The Morgan fingerprint density at radius 1 is 0.529 bits per heavy atom. The van der Waals surface area contributed by atoms with Gasteiger partial charge in [-0.15, -0.1) is 0 Å². The molecule has 0 radical (unpaired) electrons. The summed E-state index contributed by atoms with van der Waals surface area (Å²) in [6.45, 7) is 6.26. The Kier molecular flexibility index (Phi) is 4.63. The van der Waals surface area contributed by atoms with Crippen LogP contribution in [0.5, 0.6) is 11.5 Å². The summed E-state index contributed by atoms with van der Waals surface area (Å²) >= 11 is 0. The summed E-state index contributed by atoms with van der Waals surface area (Å²) in [6, 6.07) is 29.7. The first kappa shape index (κ1) is 20.4. The molecule has 166 valence electrons. The van der Waals surface area contributed by atoms with Crippen LogP contribution in [0.4, 0.5) is 11.4 Å². The van der Waals surface area contributed by atoms with Crippen LogP contribution in [0.15, 0.2) is 91.0 Å². The molecule has 4 aromatic rings. The lowest BCUT2D eigenvalue weighted by Gasteiger charge is -2.32. The molecule has 4 nitrogen and oxygen atoms in total. The lowest BCUT2D eigenvalue weighted by Crippen LogP contribution is -2.62. The van der Waals surface area contributed by atoms with Gasteiger partial charge in [0.1, 0.15) is 0 Å². The molecule has 34 heavy (non-hydrogen) atoms. The minimum Gasteiger partial charge on any atom is -0.340 e. The van der Waals surface area contributed by atoms with Gasteiger partial charge in [0.05, 0.1) is 11.1 Å². The number of rotatable bonds is 2. The fraction of sp³-hybridized carbons (Fsp3) is 0.133. The highest BCUT2D eigenvalue weighted by Gasteiger charge is 2.66. The Labute approximate surface area is 199 Å². The third-order valence-electron chi connectivity index (χ3n) is 6.51. The highest BCUT2D eigenvalue weighted by atomic mass is 16.7. The van der Waals surface area contributed by atoms with Crippen molar-refractivity contribution in [2.45, 2.75) is 26.8 Å². The van der Waals surface area contributed by atoms with Crippen molar-refractivity contribution >= 4 is 23.8 Å². The number of hydrogen-bond donors (Lipinski definition) is 0. The molecule has 1 spiro atoms. The quantitative estimate of drug-likeness (QED) is 0.341. The molecule has 0 aromatic heterocycles. The highest BCUT2D eigenvalue weighted by molar-refractivity contribution is 5.84. The summed E-state index contributed by atoms with van der Waals surface area (Å²) < 4.78 is 18.1. The average Bonchev–Trinajstić information content (AvgIpc) is 2.86. The van der Waals surface area contributed by atoms with Crippen molar-refractivity contribution in [2.24, 2.45) is 0 Å². The van der Waals surface area contributed by atoms with Gasteiger partial charge in [-0.3, -0.25) is 0 Å². The van der Waals surface area contributed by atoms with Crippen LogP contribution >= 0.6 is 0 Å². The van der Waals surface area contributed by atoms with Crippen molar-refractivity contribution in [3.63, 3.8) is 0 Å². The Morgan fingerprint density at radius 2 is 1.06 bits per heavy atom. The number of para-hydroxylation sites is 4. The Hall–Kier alpha value is -4.18. The monoisotopic (exact) mass is 446 g/mol. The minimum absolute atomic E-state index is 0.818. The van der Waals surface area contributed by atoms with Crippen molar-refractivity contribution in [3.8, 4) is 11.5 Å². The number of ether oxygens (including phenoxy) is 2. The van der Waals surface area contributed by atoms with E-state index >= 15 is 0 Å². The van der Waals surface area contributed by atoms with Crippen LogP contribution in [0.3, 0.4) is 0 Å². The van der Waals surface area contributed by atoms with E-state index < -0.39 is 6.03 Å². The van der Waals surface area contributed by atoms with E-state index in [1.54, 1.807) is 0 Å². The van der Waals surface area contributed by atoms with E-state index in [0.717, 1.165) is 50.7 Å². The number of benzene rings is 4. The molecule has 0 saturated heterocycles. The third-order valence-corrected chi connectivity index (χ3v) is 6.51. The maximum Gasteiger partial charge on any atom is 0.714 e. The number of fused-ring (bicyclic) bond motifs is 2. The fourth-order valence-electron chi connectivity index (χ4n) is 4.76. The molecule has 4 heteroatoms. The van der Waals surface area contributed by atoms with Gasteiger partial charge in [-0.25, -0.2) is 0 Å². The van der Waals surface area contributed by atoms with E-state index in [2.05, 4.69) is 109 Å². The van der Waals surface area contributed by atoms with E-state index in [4.69, 9.17) is 9.47 Å². The minimum atomic E-state index is -1.29. The molecule has 0 N–H and O–H groups in total. The smallest absolute Gasteiger partial charge is 0.340 e. The molecule has 2 heterocycles. The first-order valence-electron chi connectivity index (χ1n) is 11.5. The van der Waals surface area contributed by atoms with Gasteiger partial charge in [0.15, 0.2) is 23.9 Å². The second kappa shape index (κ2) is 7.70. The first-order valence-corrected chi connectivity index (χ1v) is 11.5. The second-order valence-electron chi connectivity index (χ2n) is 8.86. The summed E-state index contributed by atoms with van der Waals surface area (Å²) in [4.78, 5) is 0. The summed E-state index contributed by atoms with van der Waals surface area (Å²) in [6.07, 6.45) is 4.27. The van der Waals surface area contributed by atoms with Crippen LogP contribution in [0.1, 0.15) is 27.8 Å². The van der Waals surface area contributed by atoms with Gasteiger partial charge in [0.2, 0.25) is 11.4 Å². The fourth-order valence-corrected chi connectivity index (χ4v) is 4.76. The largest absolute Gasteiger partial charge is 0.714 e. The maximum atomic E-state index is 6.96. The van der Waals surface area contributed by atoms with Crippen LogP contribution in [0.2, 0.25) is 0 Å². The Morgan fingerprint density at radius 3 is 1.68 bits per heavy atom. The Balaban J connectivity index is 1.71. The van der Waals surface area contributed by atoms with Crippen LogP contribution in [0.25, 0.3) is 0 Å². The SMILES string of the molecule is Cc1ccccc1[N+]1=Cc2cccc(C)c2O[C@@]12Oc1c(C)cccc1C=[N+]2c1ccccc1. The van der Waals surface area contributed by atoms with Gasteiger partial charge in [-0.05, 0) is 44.0 Å². The predicted molar refractivity (Wildman–Crippen MR) is 134 cm³/mol. The molecule has 0 bridgehead atoms. The average molecular weight is 447 g/mol. The standard InChI is InChI=1S/C30H26N2O2/c1-21-11-7-8-18-27(21)32-20-25-15-10-13-23(3)29(25)34-30(32)31(26-16-5-4-6-17-26)19-24-14-9-12-22(2)28(24)33-30/h4-20H,1-3H3/q+2/t30-/m1/s1. The predicted octanol–water partition coefficient (Wildman–Crippen LogP) is 6.23. The zero-order valence-corrected chi connectivity index (χ0v) is 19.5. The highest BCUT2D eigenvalue weighted by Crippen LogP contribution is 2.42. The van der Waals surface area contributed by atoms with Gasteiger partial charge >= 0.3 is 6.03 Å². The van der Waals surface area contributed by atoms with Crippen LogP contribution in [0, 0.1) is 20.8 Å². The zero-order valence-electron chi connectivity index (χ0n) is 19.5. The molecule has 0 aliphatic carbocycles. The van der Waals surface area contributed by atoms with Gasteiger partial charge in [0.25, 0.3) is 0 Å². The molecular weight excluding hydrogens is 420 g/mol. The Bertz CT molecular complexity index is 1480. The molecule has 2 aliphatic heterocycles. The number of hydrogen-bond acceptors (Lipinski definition) is 2. The van der Waals surface area contributed by atoms with E-state index in [-0.39, 0.29) is 0 Å². The van der Waals surface area contributed by atoms with E-state index in [0.29, 0.717) is 0 Å². The van der Waals surface area contributed by atoms with Crippen molar-refractivity contribution in [1.82, 2.24) is 0 Å². The molecule has 0 fully saturated rings. The molecule has 0 saturated carbocycles. The molecule has 0 unspecified atom stereocenters. The summed E-state index contributed by atoms with van der Waals surface area (Å²) in [5.74, 6) is 1.64. The van der Waals surface area contributed by atoms with E-state index in [9.17, 15) is 0 Å². The summed E-state index contributed by atoms with van der Waals surface area (Å²) in [5, 5.41) is 0. The molecule has 6 rings (SSSR count). The summed E-state index contributed by atoms with van der Waals surface area (Å²) in [7, 11) is 0. The number of aryl methyl sites for hydroxylation is 3.